The van der Waals surface area contributed by atoms with Crippen molar-refractivity contribution in [3.05, 3.63) is 35.9 Å². The minimum Gasteiger partial charge on any atom is -0.691 e. The number of benzene rings is 1. The smallest absolute Gasteiger partial charge is 0.354 e. The molecule has 0 saturated carbocycles. The Bertz CT molecular complexity index is 360. The van der Waals surface area contributed by atoms with E-state index in [-0.39, 0.29) is 5.56 Å². The van der Waals surface area contributed by atoms with Crippen LogP contribution in [0.1, 0.15) is 10.4 Å². The molecule has 0 aromatic heterocycles. The fourth-order valence-electron chi connectivity index (χ4n) is 0.895. The monoisotopic (exact) mass is 265 g/mol. The van der Waals surface area contributed by atoms with Crippen LogP contribution < -0.4 is 5.26 Å². The molecule has 8 heteroatoms. The minimum atomic E-state index is -3.56. The third-order valence-corrected chi connectivity index (χ3v) is 2.05. The molecule has 1 rings (SSSR count). The molecule has 0 heterocycles. The van der Waals surface area contributed by atoms with Gasteiger partial charge < -0.3 is 9.99 Å². The summed E-state index contributed by atoms with van der Waals surface area (Å²) in [6.45, 7) is -1.23. The van der Waals surface area contributed by atoms with Crippen molar-refractivity contribution in [1.29, 1.82) is 0 Å². The lowest BCUT2D eigenvalue weighted by atomic mass is 10.2. The van der Waals surface area contributed by atoms with Gasteiger partial charge in [0, 0.05) is 0 Å². The van der Waals surface area contributed by atoms with Crippen molar-refractivity contribution >= 4 is 18.0 Å². The van der Waals surface area contributed by atoms with Gasteiger partial charge in [-0.05, 0) is 12.1 Å². The molecule has 5 nitrogen and oxygen atoms in total. The first-order valence-electron chi connectivity index (χ1n) is 4.29. The van der Waals surface area contributed by atoms with Crippen LogP contribution >= 0.6 is 12.0 Å². The first kappa shape index (κ1) is 13.8. The van der Waals surface area contributed by atoms with Gasteiger partial charge in [0.15, 0.2) is 6.61 Å². The Balaban J connectivity index is 2.43. The largest absolute Gasteiger partial charge is 0.691 e. The minimum absolute atomic E-state index is 0.147. The number of carbonyl (C=O) groups excluding carboxylic acids is 1. The standard InChI is InChI=1S/C9H8F2O5S/c10-9(11,17-16-15-13)6-14-8(12)7-4-2-1-3-5-7/h1-5,13H,6H2/p-1. The first-order chi connectivity index (χ1) is 8.05. The Hall–Kier alpha value is -1.22. The molecule has 0 radical (unpaired) electrons. The van der Waals surface area contributed by atoms with E-state index >= 15 is 0 Å². The summed E-state index contributed by atoms with van der Waals surface area (Å²) < 4.78 is 33.5. The number of esters is 1. The summed E-state index contributed by atoms with van der Waals surface area (Å²) in [6.07, 6.45) is 0. The van der Waals surface area contributed by atoms with Crippen LogP contribution in [0.2, 0.25) is 0 Å². The summed E-state index contributed by atoms with van der Waals surface area (Å²) >= 11 is -0.529. The average Bonchev–Trinajstić information content (AvgIpc) is 2.35. The molecule has 1 aromatic carbocycles. The highest BCUT2D eigenvalue weighted by molar-refractivity contribution is 7.95. The molecule has 0 aliphatic heterocycles. The molecule has 0 aliphatic carbocycles. The molecule has 17 heavy (non-hydrogen) atoms. The van der Waals surface area contributed by atoms with Gasteiger partial charge in [0.2, 0.25) is 0 Å². The van der Waals surface area contributed by atoms with E-state index in [0.29, 0.717) is 0 Å². The number of carbonyl (C=O) groups is 1. The Morgan fingerprint density at radius 2 is 2.00 bits per heavy atom. The predicted octanol–water partition coefficient (Wildman–Crippen LogP) is 1.31. The Kier molecular flexibility index (Phi) is 5.29. The van der Waals surface area contributed by atoms with Crippen LogP contribution in [0.25, 0.3) is 0 Å². The van der Waals surface area contributed by atoms with Crippen molar-refractivity contribution in [2.24, 2.45) is 0 Å². The van der Waals surface area contributed by atoms with Gasteiger partial charge >= 0.3 is 11.2 Å². The summed E-state index contributed by atoms with van der Waals surface area (Å²) in [4.78, 5) is 11.3. The number of halogens is 2. The Labute approximate surface area is 99.3 Å². The van der Waals surface area contributed by atoms with Gasteiger partial charge in [-0.15, -0.1) is 0 Å². The summed E-state index contributed by atoms with van der Waals surface area (Å²) in [6, 6.07) is 7.64. The molecule has 0 N–H and O–H groups in total. The second kappa shape index (κ2) is 6.50. The van der Waals surface area contributed by atoms with Crippen LogP contribution in [0, 0.1) is 0 Å². The van der Waals surface area contributed by atoms with Crippen LogP contribution in [-0.4, -0.2) is 17.8 Å². The van der Waals surface area contributed by atoms with Crippen molar-refractivity contribution in [3.63, 3.8) is 0 Å². The van der Waals surface area contributed by atoms with Crippen molar-refractivity contribution in [3.8, 4) is 0 Å². The van der Waals surface area contributed by atoms with E-state index in [0.717, 1.165) is 0 Å². The zero-order valence-corrected chi connectivity index (χ0v) is 9.12. The van der Waals surface area contributed by atoms with Crippen LogP contribution in [0.15, 0.2) is 30.3 Å². The molecule has 0 bridgehead atoms. The van der Waals surface area contributed by atoms with E-state index in [9.17, 15) is 18.8 Å². The Morgan fingerprint density at radius 3 is 2.59 bits per heavy atom. The highest BCUT2D eigenvalue weighted by Crippen LogP contribution is 2.30. The van der Waals surface area contributed by atoms with Gasteiger partial charge in [-0.2, -0.15) is 13.1 Å². The van der Waals surface area contributed by atoms with Crippen LogP contribution in [-0.2, 0) is 14.1 Å². The van der Waals surface area contributed by atoms with Crippen LogP contribution in [0.4, 0.5) is 8.78 Å². The third kappa shape index (κ3) is 5.09. The molecule has 0 saturated heterocycles. The maximum atomic E-state index is 12.8. The van der Waals surface area contributed by atoms with E-state index in [1.807, 2.05) is 0 Å². The first-order valence-corrected chi connectivity index (χ1v) is 5.03. The highest BCUT2D eigenvalue weighted by atomic mass is 32.2. The number of ether oxygens (including phenoxy) is 1. The molecule has 0 fully saturated rings. The maximum absolute atomic E-state index is 12.8. The number of hydrogen-bond acceptors (Lipinski definition) is 6. The van der Waals surface area contributed by atoms with Gasteiger partial charge in [-0.1, -0.05) is 18.2 Å². The molecule has 0 atom stereocenters. The molecule has 0 aliphatic rings. The van der Waals surface area contributed by atoms with Gasteiger partial charge in [-0.25, -0.2) is 4.79 Å². The predicted molar refractivity (Wildman–Crippen MR) is 51.4 cm³/mol. The van der Waals surface area contributed by atoms with Gasteiger partial charge in [0.05, 0.1) is 5.56 Å². The quantitative estimate of drug-likeness (QED) is 0.334. The lowest BCUT2D eigenvalue weighted by Crippen LogP contribution is -2.23. The fraction of sp³-hybridized carbons (Fsp3) is 0.222. The van der Waals surface area contributed by atoms with Gasteiger partial charge in [0.1, 0.15) is 12.0 Å². The SMILES string of the molecule is O=C(OCC(F)(F)SOO[O-])c1ccccc1. The second-order valence-corrected chi connectivity index (χ2v) is 3.70. The molecular formula is C9H7F2O5S-. The van der Waals surface area contributed by atoms with Crippen LogP contribution in [0.3, 0.4) is 0 Å². The molecule has 94 valence electrons. The lowest BCUT2D eigenvalue weighted by Gasteiger charge is -2.14. The maximum Gasteiger partial charge on any atom is 0.354 e. The molecule has 0 unspecified atom stereocenters. The number of hydrogen-bond donors (Lipinski definition) is 0. The molecule has 0 amide bonds. The van der Waals surface area contributed by atoms with Crippen molar-refractivity contribution in [2.75, 3.05) is 6.61 Å². The van der Waals surface area contributed by atoms with Crippen molar-refractivity contribution in [2.45, 2.75) is 5.25 Å². The second-order valence-electron chi connectivity index (χ2n) is 2.80. The number of alkyl halides is 2. The third-order valence-electron chi connectivity index (χ3n) is 1.56. The molecule has 1 aromatic rings. The van der Waals surface area contributed by atoms with E-state index in [1.54, 1.807) is 18.2 Å². The van der Waals surface area contributed by atoms with E-state index < -0.39 is 29.9 Å². The topological polar surface area (TPSA) is 67.8 Å². The molecule has 0 spiro atoms. The summed E-state index contributed by atoms with van der Waals surface area (Å²) in [5.41, 5.74) is 0.147. The zero-order chi connectivity index (χ0) is 12.7. The summed E-state index contributed by atoms with van der Waals surface area (Å²) in [5.74, 6) is -0.895. The van der Waals surface area contributed by atoms with E-state index in [1.165, 1.54) is 12.1 Å². The zero-order valence-electron chi connectivity index (χ0n) is 8.30. The lowest BCUT2D eigenvalue weighted by molar-refractivity contribution is -0.777. The van der Waals surface area contributed by atoms with Crippen molar-refractivity contribution < 1.29 is 32.9 Å². The van der Waals surface area contributed by atoms with Crippen molar-refractivity contribution in [1.82, 2.24) is 0 Å². The normalized spacial score (nSPS) is 11.2. The Morgan fingerprint density at radius 1 is 1.35 bits per heavy atom. The van der Waals surface area contributed by atoms with Gasteiger partial charge in [-0.3, -0.25) is 5.04 Å². The summed E-state index contributed by atoms with van der Waals surface area (Å²) in [5, 5.41) is 8.55. The molecular weight excluding hydrogens is 258 g/mol. The van der Waals surface area contributed by atoms with Gasteiger partial charge in [0.25, 0.3) is 0 Å². The highest BCUT2D eigenvalue weighted by Gasteiger charge is 2.34. The van der Waals surface area contributed by atoms with Crippen LogP contribution in [0.5, 0.6) is 0 Å². The van der Waals surface area contributed by atoms with E-state index in [4.69, 9.17) is 0 Å². The van der Waals surface area contributed by atoms with E-state index in [2.05, 4.69) is 14.1 Å². The fourth-order valence-corrected chi connectivity index (χ4v) is 1.13. The number of rotatable bonds is 6. The summed E-state index contributed by atoms with van der Waals surface area (Å²) in [7, 11) is 0. The average molecular weight is 265 g/mol.